The van der Waals surface area contributed by atoms with Crippen molar-refractivity contribution in [3.05, 3.63) is 34.9 Å². The third-order valence-electron chi connectivity index (χ3n) is 3.76. The van der Waals surface area contributed by atoms with Gasteiger partial charge in [0.1, 0.15) is 0 Å². The second kappa shape index (κ2) is 7.00. The molecular weight excluding hydrogens is 250 g/mol. The molecule has 0 saturated heterocycles. The summed E-state index contributed by atoms with van der Waals surface area (Å²) in [6.07, 6.45) is 2.64. The van der Waals surface area contributed by atoms with Crippen molar-refractivity contribution in [3.63, 3.8) is 0 Å². The Morgan fingerprint density at radius 3 is 2.75 bits per heavy atom. The van der Waals surface area contributed by atoms with E-state index < -0.39 is 0 Å². The van der Waals surface area contributed by atoms with Crippen LogP contribution < -0.4 is 0 Å². The van der Waals surface area contributed by atoms with Gasteiger partial charge in [0.2, 0.25) is 0 Å². The molecule has 0 amide bonds. The lowest BCUT2D eigenvalue weighted by Gasteiger charge is -2.16. The second-order valence-corrected chi connectivity index (χ2v) is 6.00. The minimum absolute atomic E-state index is 0.187. The zero-order valence-electron chi connectivity index (χ0n) is 12.8. The molecule has 0 atom stereocenters. The number of nitrogens with zero attached hydrogens (tertiary/aromatic N) is 1. The summed E-state index contributed by atoms with van der Waals surface area (Å²) in [7, 11) is 1.97. The summed E-state index contributed by atoms with van der Waals surface area (Å²) in [6, 6.07) is 6.00. The number of hydrogen-bond donors (Lipinski definition) is 0. The molecule has 2 rings (SSSR count). The molecule has 3 nitrogen and oxygen atoms in total. The maximum absolute atomic E-state index is 12.3. The monoisotopic (exact) mass is 275 g/mol. The number of ether oxygens (including phenoxy) is 1. The fourth-order valence-corrected chi connectivity index (χ4v) is 2.29. The summed E-state index contributed by atoms with van der Waals surface area (Å²) >= 11 is 0. The molecular formula is C17H25NO2. The molecule has 1 saturated carbocycles. The van der Waals surface area contributed by atoms with Gasteiger partial charge in [0.15, 0.2) is 5.78 Å². The molecule has 0 bridgehead atoms. The molecule has 0 aliphatic heterocycles. The predicted molar refractivity (Wildman–Crippen MR) is 81.3 cm³/mol. The summed E-state index contributed by atoms with van der Waals surface area (Å²) in [5, 5.41) is 0. The van der Waals surface area contributed by atoms with E-state index in [4.69, 9.17) is 4.74 Å². The van der Waals surface area contributed by atoms with E-state index in [1.807, 2.05) is 37.9 Å². The van der Waals surface area contributed by atoms with Gasteiger partial charge in [0.25, 0.3) is 0 Å². The van der Waals surface area contributed by atoms with Crippen LogP contribution in [-0.4, -0.2) is 44.0 Å². The quantitative estimate of drug-likeness (QED) is 0.540. The van der Waals surface area contributed by atoms with Gasteiger partial charge in [-0.05, 0) is 45.2 Å². The van der Waals surface area contributed by atoms with Gasteiger partial charge in [-0.15, -0.1) is 0 Å². The lowest BCUT2D eigenvalue weighted by Crippen LogP contribution is -2.29. The highest BCUT2D eigenvalue weighted by molar-refractivity contribution is 5.98. The van der Waals surface area contributed by atoms with Crippen molar-refractivity contribution in [2.45, 2.75) is 26.7 Å². The summed E-state index contributed by atoms with van der Waals surface area (Å²) in [5.74, 6) is 0.990. The molecule has 0 aromatic heterocycles. The number of ketones is 1. The molecule has 0 heterocycles. The molecule has 3 heteroatoms. The predicted octanol–water partition coefficient (Wildman–Crippen LogP) is 2.84. The molecule has 1 aliphatic carbocycles. The van der Waals surface area contributed by atoms with Crippen molar-refractivity contribution in [2.24, 2.45) is 5.92 Å². The van der Waals surface area contributed by atoms with Crippen LogP contribution in [0.15, 0.2) is 18.2 Å². The SMILES string of the molecule is Cc1ccc(C(=O)CN(C)CCOCC2CC2)c(C)c1. The molecule has 0 spiro atoms. The van der Waals surface area contributed by atoms with Gasteiger partial charge < -0.3 is 4.74 Å². The van der Waals surface area contributed by atoms with Crippen LogP contribution >= 0.6 is 0 Å². The fourth-order valence-electron chi connectivity index (χ4n) is 2.29. The van der Waals surface area contributed by atoms with E-state index in [9.17, 15) is 4.79 Å². The number of carbonyl (C=O) groups excluding carboxylic acids is 1. The number of hydrogen-bond acceptors (Lipinski definition) is 3. The number of Topliss-reactive ketones (excluding diaryl/α,β-unsaturated/α-hetero) is 1. The molecule has 1 aromatic rings. The number of carbonyl (C=O) groups is 1. The van der Waals surface area contributed by atoms with E-state index in [2.05, 4.69) is 6.07 Å². The zero-order valence-corrected chi connectivity index (χ0v) is 12.8. The van der Waals surface area contributed by atoms with Gasteiger partial charge in [-0.25, -0.2) is 0 Å². The Kier molecular flexibility index (Phi) is 5.32. The van der Waals surface area contributed by atoms with Gasteiger partial charge in [0.05, 0.1) is 13.2 Å². The topological polar surface area (TPSA) is 29.5 Å². The third-order valence-corrected chi connectivity index (χ3v) is 3.76. The van der Waals surface area contributed by atoms with E-state index >= 15 is 0 Å². The smallest absolute Gasteiger partial charge is 0.177 e. The zero-order chi connectivity index (χ0) is 14.5. The first-order chi connectivity index (χ1) is 9.56. The van der Waals surface area contributed by atoms with Crippen molar-refractivity contribution in [3.8, 4) is 0 Å². The average molecular weight is 275 g/mol. The van der Waals surface area contributed by atoms with Gasteiger partial charge in [0, 0.05) is 18.7 Å². The van der Waals surface area contributed by atoms with Crippen molar-refractivity contribution in [2.75, 3.05) is 33.4 Å². The normalized spacial score (nSPS) is 14.8. The molecule has 1 aliphatic rings. The van der Waals surface area contributed by atoms with Gasteiger partial charge in [-0.3, -0.25) is 9.69 Å². The van der Waals surface area contributed by atoms with Crippen molar-refractivity contribution in [1.82, 2.24) is 4.90 Å². The molecule has 20 heavy (non-hydrogen) atoms. The van der Waals surface area contributed by atoms with Crippen LogP contribution in [0.25, 0.3) is 0 Å². The number of likely N-dealkylation sites (N-methyl/N-ethyl adjacent to an activating group) is 1. The largest absolute Gasteiger partial charge is 0.380 e. The van der Waals surface area contributed by atoms with Crippen molar-refractivity contribution in [1.29, 1.82) is 0 Å². The molecule has 0 unspecified atom stereocenters. The second-order valence-electron chi connectivity index (χ2n) is 6.00. The summed E-state index contributed by atoms with van der Waals surface area (Å²) in [6.45, 7) is 6.91. The van der Waals surface area contributed by atoms with Gasteiger partial charge in [-0.2, -0.15) is 0 Å². The maximum atomic E-state index is 12.3. The maximum Gasteiger partial charge on any atom is 0.177 e. The Hall–Kier alpha value is -1.19. The van der Waals surface area contributed by atoms with E-state index in [0.717, 1.165) is 30.2 Å². The van der Waals surface area contributed by atoms with E-state index in [0.29, 0.717) is 13.2 Å². The summed E-state index contributed by atoms with van der Waals surface area (Å²) in [4.78, 5) is 14.3. The number of rotatable bonds is 8. The first-order valence-corrected chi connectivity index (χ1v) is 7.43. The molecule has 1 fully saturated rings. The Bertz CT molecular complexity index is 466. The highest BCUT2D eigenvalue weighted by atomic mass is 16.5. The highest BCUT2D eigenvalue weighted by Gasteiger charge is 2.21. The minimum atomic E-state index is 0.187. The van der Waals surface area contributed by atoms with Crippen LogP contribution in [0, 0.1) is 19.8 Å². The van der Waals surface area contributed by atoms with Crippen LogP contribution in [-0.2, 0) is 4.74 Å². The Morgan fingerprint density at radius 1 is 1.35 bits per heavy atom. The Balaban J connectivity index is 1.74. The van der Waals surface area contributed by atoms with E-state index in [1.54, 1.807) is 0 Å². The Labute approximate surface area is 121 Å². The first kappa shape index (κ1) is 15.2. The summed E-state index contributed by atoms with van der Waals surface area (Å²) < 4.78 is 5.60. The number of aryl methyl sites for hydroxylation is 2. The van der Waals surface area contributed by atoms with Gasteiger partial charge in [-0.1, -0.05) is 23.8 Å². The lowest BCUT2D eigenvalue weighted by atomic mass is 10.0. The van der Waals surface area contributed by atoms with Crippen LogP contribution in [0.5, 0.6) is 0 Å². The minimum Gasteiger partial charge on any atom is -0.380 e. The van der Waals surface area contributed by atoms with Crippen LogP contribution in [0.4, 0.5) is 0 Å². The van der Waals surface area contributed by atoms with Crippen LogP contribution in [0.2, 0.25) is 0 Å². The Morgan fingerprint density at radius 2 is 2.10 bits per heavy atom. The van der Waals surface area contributed by atoms with E-state index in [1.165, 1.54) is 18.4 Å². The van der Waals surface area contributed by atoms with Crippen LogP contribution in [0.3, 0.4) is 0 Å². The highest BCUT2D eigenvalue weighted by Crippen LogP contribution is 2.28. The fraction of sp³-hybridized carbons (Fsp3) is 0.588. The van der Waals surface area contributed by atoms with Gasteiger partial charge >= 0.3 is 0 Å². The average Bonchev–Trinajstić information content (AvgIpc) is 3.18. The summed E-state index contributed by atoms with van der Waals surface area (Å²) in [5.41, 5.74) is 3.09. The lowest BCUT2D eigenvalue weighted by molar-refractivity contribution is 0.0860. The van der Waals surface area contributed by atoms with E-state index in [-0.39, 0.29) is 5.78 Å². The molecule has 0 radical (unpaired) electrons. The van der Waals surface area contributed by atoms with Crippen molar-refractivity contribution >= 4 is 5.78 Å². The first-order valence-electron chi connectivity index (χ1n) is 7.43. The third kappa shape index (κ3) is 4.73. The molecule has 1 aromatic carbocycles. The molecule has 0 N–H and O–H groups in total. The standard InChI is InChI=1S/C17H25NO2/c1-13-4-7-16(14(2)10-13)17(19)11-18(3)8-9-20-12-15-5-6-15/h4,7,10,15H,5-6,8-9,11-12H2,1-3H3. The van der Waals surface area contributed by atoms with Crippen molar-refractivity contribution < 1.29 is 9.53 Å². The van der Waals surface area contributed by atoms with Crippen LogP contribution in [0.1, 0.15) is 34.3 Å². The number of benzene rings is 1. The molecule has 110 valence electrons.